The van der Waals surface area contributed by atoms with Gasteiger partial charge in [-0.1, -0.05) is 11.8 Å². The van der Waals surface area contributed by atoms with Gasteiger partial charge in [0.25, 0.3) is 0 Å². The summed E-state index contributed by atoms with van der Waals surface area (Å²) < 4.78 is 38.0. The molecule has 1 unspecified atom stereocenters. The van der Waals surface area contributed by atoms with Gasteiger partial charge in [0.05, 0.1) is 11.3 Å². The maximum absolute atomic E-state index is 12.7. The number of alkyl halides is 3. The lowest BCUT2D eigenvalue weighted by molar-refractivity contribution is -0.137. The number of thioether (sulfide) groups is 1. The lowest BCUT2D eigenvalue weighted by Crippen LogP contribution is -2.35. The highest BCUT2D eigenvalue weighted by atomic mass is 32.2. The number of hydrogen-bond donors (Lipinski definition) is 1. The molecule has 3 nitrogen and oxygen atoms in total. The number of hydrogen-bond acceptors (Lipinski definition) is 4. The van der Waals surface area contributed by atoms with Crippen LogP contribution in [0.15, 0.2) is 47.6 Å². The molecule has 1 atom stereocenters. The van der Waals surface area contributed by atoms with Gasteiger partial charge >= 0.3 is 6.18 Å². The molecular formula is C15H14F3N3S. The van der Waals surface area contributed by atoms with Crippen molar-refractivity contribution < 1.29 is 13.2 Å². The monoisotopic (exact) mass is 325 g/mol. The fraction of sp³-hybridized carbons (Fsp3) is 0.267. The van der Waals surface area contributed by atoms with Crippen LogP contribution in [0.4, 0.5) is 24.5 Å². The van der Waals surface area contributed by atoms with E-state index in [0.717, 1.165) is 22.8 Å². The highest BCUT2D eigenvalue weighted by Crippen LogP contribution is 2.41. The number of pyridine rings is 1. The molecule has 1 aliphatic heterocycles. The molecule has 116 valence electrons. The van der Waals surface area contributed by atoms with E-state index in [4.69, 9.17) is 5.73 Å². The van der Waals surface area contributed by atoms with Gasteiger partial charge in [-0.25, -0.2) is 4.98 Å². The standard InChI is InChI=1S/C15H14F3N3S/c16-15(17,18)10-3-5-11(6-4-10)21-9-12(8-19)22-14-13(21)2-1-7-20-14/h1-7,12H,8-9,19H2. The highest BCUT2D eigenvalue weighted by molar-refractivity contribution is 8.00. The van der Waals surface area contributed by atoms with E-state index < -0.39 is 11.7 Å². The lowest BCUT2D eigenvalue weighted by Gasteiger charge is -2.34. The largest absolute Gasteiger partial charge is 0.416 e. The quantitative estimate of drug-likeness (QED) is 0.915. The molecule has 0 bridgehead atoms. The van der Waals surface area contributed by atoms with Gasteiger partial charge in [0.1, 0.15) is 5.03 Å². The maximum atomic E-state index is 12.7. The molecular weight excluding hydrogens is 311 g/mol. The number of halogens is 3. The summed E-state index contributed by atoms with van der Waals surface area (Å²) in [5.74, 6) is 0. The number of nitrogens with two attached hydrogens (primary N) is 1. The smallest absolute Gasteiger partial charge is 0.338 e. The summed E-state index contributed by atoms with van der Waals surface area (Å²) in [4.78, 5) is 6.30. The van der Waals surface area contributed by atoms with Crippen LogP contribution in [0.5, 0.6) is 0 Å². The first-order chi connectivity index (χ1) is 10.5. The second kappa shape index (κ2) is 5.81. The number of fused-ring (bicyclic) bond motifs is 1. The first-order valence-corrected chi connectivity index (χ1v) is 7.63. The van der Waals surface area contributed by atoms with Crippen molar-refractivity contribution >= 4 is 23.1 Å². The highest BCUT2D eigenvalue weighted by Gasteiger charge is 2.31. The van der Waals surface area contributed by atoms with Gasteiger partial charge in [-0.2, -0.15) is 13.2 Å². The first-order valence-electron chi connectivity index (χ1n) is 6.75. The Morgan fingerprint density at radius 2 is 1.95 bits per heavy atom. The lowest BCUT2D eigenvalue weighted by atomic mass is 10.1. The van der Waals surface area contributed by atoms with Gasteiger partial charge in [0, 0.05) is 30.2 Å². The molecule has 3 rings (SSSR count). The van der Waals surface area contributed by atoms with Crippen molar-refractivity contribution in [3.8, 4) is 0 Å². The Balaban J connectivity index is 1.97. The number of rotatable bonds is 2. The molecule has 0 saturated heterocycles. The summed E-state index contributed by atoms with van der Waals surface area (Å²) in [7, 11) is 0. The topological polar surface area (TPSA) is 42.1 Å². The molecule has 0 spiro atoms. The van der Waals surface area contributed by atoms with E-state index in [2.05, 4.69) is 4.98 Å². The van der Waals surface area contributed by atoms with Crippen molar-refractivity contribution in [3.05, 3.63) is 48.2 Å². The van der Waals surface area contributed by atoms with Crippen molar-refractivity contribution in [2.45, 2.75) is 16.5 Å². The molecule has 0 amide bonds. The van der Waals surface area contributed by atoms with Crippen molar-refractivity contribution in [1.29, 1.82) is 0 Å². The molecule has 2 aromatic rings. The Kier molecular flexibility index (Phi) is 4.01. The van der Waals surface area contributed by atoms with Crippen LogP contribution in [0.2, 0.25) is 0 Å². The number of nitrogens with zero attached hydrogens (tertiary/aromatic N) is 2. The fourth-order valence-electron chi connectivity index (χ4n) is 2.37. The van der Waals surface area contributed by atoms with Crippen LogP contribution in [0.3, 0.4) is 0 Å². The minimum absolute atomic E-state index is 0.157. The van der Waals surface area contributed by atoms with Crippen LogP contribution < -0.4 is 10.6 Å². The Bertz CT molecular complexity index is 658. The molecule has 2 heterocycles. The zero-order valence-corrected chi connectivity index (χ0v) is 12.4. The van der Waals surface area contributed by atoms with E-state index in [0.29, 0.717) is 18.8 Å². The van der Waals surface area contributed by atoms with E-state index >= 15 is 0 Å². The molecule has 7 heteroatoms. The Morgan fingerprint density at radius 3 is 2.59 bits per heavy atom. The van der Waals surface area contributed by atoms with Crippen molar-refractivity contribution in [3.63, 3.8) is 0 Å². The van der Waals surface area contributed by atoms with E-state index in [9.17, 15) is 13.2 Å². The van der Waals surface area contributed by atoms with Crippen LogP contribution in [0, 0.1) is 0 Å². The van der Waals surface area contributed by atoms with E-state index in [1.807, 2.05) is 17.0 Å². The van der Waals surface area contributed by atoms with Crippen LogP contribution >= 0.6 is 11.8 Å². The summed E-state index contributed by atoms with van der Waals surface area (Å²) >= 11 is 1.61. The van der Waals surface area contributed by atoms with Crippen molar-refractivity contribution in [2.75, 3.05) is 18.0 Å². The molecule has 1 aliphatic rings. The molecule has 0 saturated carbocycles. The summed E-state index contributed by atoms with van der Waals surface area (Å²) in [6.45, 7) is 1.13. The predicted octanol–water partition coefficient (Wildman–Crippen LogP) is 3.67. The molecule has 22 heavy (non-hydrogen) atoms. The molecule has 1 aromatic heterocycles. The van der Waals surface area contributed by atoms with Gasteiger partial charge in [-0.3, -0.25) is 0 Å². The third kappa shape index (κ3) is 2.91. The fourth-order valence-corrected chi connectivity index (χ4v) is 3.43. The Labute approximate surface area is 130 Å². The zero-order chi connectivity index (χ0) is 15.7. The van der Waals surface area contributed by atoms with Crippen LogP contribution in [-0.2, 0) is 6.18 Å². The van der Waals surface area contributed by atoms with Gasteiger partial charge in [0.2, 0.25) is 0 Å². The SMILES string of the molecule is NCC1CN(c2ccc(C(F)(F)F)cc2)c2cccnc2S1. The van der Waals surface area contributed by atoms with Gasteiger partial charge < -0.3 is 10.6 Å². The van der Waals surface area contributed by atoms with E-state index in [-0.39, 0.29) is 5.25 Å². The molecule has 2 N–H and O–H groups in total. The summed E-state index contributed by atoms with van der Waals surface area (Å²) in [5, 5.41) is 1.01. The average Bonchev–Trinajstić information content (AvgIpc) is 2.53. The van der Waals surface area contributed by atoms with Gasteiger partial charge in [-0.15, -0.1) is 0 Å². The first kappa shape index (κ1) is 15.2. The minimum Gasteiger partial charge on any atom is -0.338 e. The normalized spacial score (nSPS) is 18.2. The maximum Gasteiger partial charge on any atom is 0.416 e. The Hall–Kier alpha value is -1.73. The summed E-state index contributed by atoms with van der Waals surface area (Å²) in [6, 6.07) is 8.92. The predicted molar refractivity (Wildman–Crippen MR) is 81.4 cm³/mol. The zero-order valence-electron chi connectivity index (χ0n) is 11.5. The van der Waals surface area contributed by atoms with Crippen molar-refractivity contribution in [2.24, 2.45) is 5.73 Å². The molecule has 1 aromatic carbocycles. The van der Waals surface area contributed by atoms with E-state index in [1.165, 1.54) is 12.1 Å². The third-order valence-electron chi connectivity index (χ3n) is 3.48. The third-order valence-corrected chi connectivity index (χ3v) is 4.69. The van der Waals surface area contributed by atoms with Gasteiger partial charge in [-0.05, 0) is 36.4 Å². The number of anilines is 2. The van der Waals surface area contributed by atoms with Crippen LogP contribution in [-0.4, -0.2) is 23.3 Å². The molecule has 0 radical (unpaired) electrons. The van der Waals surface area contributed by atoms with E-state index in [1.54, 1.807) is 18.0 Å². The molecule has 0 aliphatic carbocycles. The molecule has 0 fully saturated rings. The van der Waals surface area contributed by atoms with Gasteiger partial charge in [0.15, 0.2) is 0 Å². The van der Waals surface area contributed by atoms with Crippen molar-refractivity contribution in [1.82, 2.24) is 4.98 Å². The number of benzene rings is 1. The number of aromatic nitrogens is 1. The Morgan fingerprint density at radius 1 is 1.23 bits per heavy atom. The minimum atomic E-state index is -4.32. The van der Waals surface area contributed by atoms with Crippen LogP contribution in [0.1, 0.15) is 5.56 Å². The summed E-state index contributed by atoms with van der Waals surface area (Å²) in [6.07, 6.45) is -2.62. The second-order valence-electron chi connectivity index (χ2n) is 4.96. The average molecular weight is 325 g/mol. The van der Waals surface area contributed by atoms with Crippen LogP contribution in [0.25, 0.3) is 0 Å². The summed E-state index contributed by atoms with van der Waals surface area (Å²) in [5.41, 5.74) is 6.72. The second-order valence-corrected chi connectivity index (χ2v) is 6.25.